The number of ether oxygens (including phenoxy) is 6. The first-order valence-corrected chi connectivity index (χ1v) is 15.8. The number of esters is 1. The van der Waals surface area contributed by atoms with Gasteiger partial charge in [0, 0.05) is 16.5 Å². The van der Waals surface area contributed by atoms with Crippen LogP contribution >= 0.6 is 11.6 Å². The predicted molar refractivity (Wildman–Crippen MR) is 173 cm³/mol. The summed E-state index contributed by atoms with van der Waals surface area (Å²) in [6.07, 6.45) is -6.18. The van der Waals surface area contributed by atoms with Crippen molar-refractivity contribution in [1.82, 2.24) is 5.32 Å². The van der Waals surface area contributed by atoms with E-state index in [0.717, 1.165) is 5.56 Å². The third-order valence-corrected chi connectivity index (χ3v) is 9.42. The zero-order chi connectivity index (χ0) is 35.2. The number of carbonyl (C=O) groups is 2. The van der Waals surface area contributed by atoms with Crippen LogP contribution in [-0.4, -0.2) is 113 Å². The van der Waals surface area contributed by atoms with Crippen LogP contribution in [0.1, 0.15) is 22.8 Å². The van der Waals surface area contributed by atoms with E-state index in [-0.39, 0.29) is 23.5 Å². The maximum atomic E-state index is 14.0. The lowest BCUT2D eigenvalue weighted by Crippen LogP contribution is -2.62. The van der Waals surface area contributed by atoms with Crippen LogP contribution in [0.25, 0.3) is 10.8 Å². The highest BCUT2D eigenvalue weighted by molar-refractivity contribution is 6.23. The molecule has 0 aromatic heterocycles. The topological polar surface area (TPSA) is 182 Å². The van der Waals surface area contributed by atoms with Gasteiger partial charge in [-0.2, -0.15) is 0 Å². The molecule has 2 aromatic rings. The maximum Gasteiger partial charge on any atom is 0.508 e. The summed E-state index contributed by atoms with van der Waals surface area (Å²) in [5, 5.41) is 46.3. The zero-order valence-corrected chi connectivity index (χ0v) is 27.6. The molecule has 5 N–H and O–H groups in total. The Bertz CT molecular complexity index is 1870. The van der Waals surface area contributed by atoms with Crippen LogP contribution in [0.2, 0.25) is 0 Å². The van der Waals surface area contributed by atoms with E-state index in [0.29, 0.717) is 22.1 Å². The number of methoxy groups -OCH3 is 1. The SMILES string of the molecule is CN[C@H]1[C@H](O[C@H]2/C3=C/C#C[C@H](Cl)[C@@](O)([C@@H]4COC(=O)O4)C#CC3=C[C@@H]2OC(=O)c2c(O)ccc3c(C)cc(OC)cc23)O[C@@H](C)[C@@H](O)[C@@H]1O. The van der Waals surface area contributed by atoms with Crippen LogP contribution < -0.4 is 10.1 Å². The minimum absolute atomic E-state index is 0.116. The Kier molecular flexibility index (Phi) is 9.55. The van der Waals surface area contributed by atoms with Gasteiger partial charge in [-0.15, -0.1) is 11.6 Å². The van der Waals surface area contributed by atoms with Crippen molar-refractivity contribution in [2.75, 3.05) is 20.8 Å². The third kappa shape index (κ3) is 6.31. The summed E-state index contributed by atoms with van der Waals surface area (Å²) in [6.45, 7) is 3.10. The van der Waals surface area contributed by atoms with Gasteiger partial charge < -0.3 is 54.2 Å². The van der Waals surface area contributed by atoms with E-state index < -0.39 is 72.1 Å². The lowest BCUT2D eigenvalue weighted by molar-refractivity contribution is -0.273. The molecule has 13 nitrogen and oxygen atoms in total. The number of alkyl halides is 1. The number of fused-ring (bicyclic) bond motifs is 2. The van der Waals surface area contributed by atoms with Gasteiger partial charge >= 0.3 is 12.1 Å². The first kappa shape index (κ1) is 34.5. The number of aliphatic hydroxyl groups excluding tert-OH is 2. The van der Waals surface area contributed by atoms with Gasteiger partial charge in [0.15, 0.2) is 24.1 Å². The molecule has 258 valence electrons. The van der Waals surface area contributed by atoms with E-state index in [4.69, 9.17) is 40.0 Å². The summed E-state index contributed by atoms with van der Waals surface area (Å²) in [4.78, 5) is 25.6. The number of hydrogen-bond donors (Lipinski definition) is 5. The summed E-state index contributed by atoms with van der Waals surface area (Å²) < 4.78 is 33.7. The second-order valence-corrected chi connectivity index (χ2v) is 12.4. The fourth-order valence-electron chi connectivity index (χ4n) is 6.21. The van der Waals surface area contributed by atoms with E-state index in [1.807, 2.05) is 6.92 Å². The number of benzene rings is 2. The molecule has 0 saturated carbocycles. The molecule has 6 rings (SSSR count). The van der Waals surface area contributed by atoms with Crippen molar-refractivity contribution in [3.05, 3.63) is 58.7 Å². The molecule has 2 aromatic carbocycles. The Morgan fingerprint density at radius 2 is 1.96 bits per heavy atom. The molecule has 2 aliphatic heterocycles. The Labute approximate surface area is 286 Å². The number of rotatable bonds is 7. The van der Waals surface area contributed by atoms with Crippen LogP contribution in [0.15, 0.2) is 47.6 Å². The number of likely N-dealkylation sites (N-methyl/N-ethyl adjacent to an activating group) is 1. The fourth-order valence-corrected chi connectivity index (χ4v) is 6.47. The molecule has 2 saturated heterocycles. The first-order chi connectivity index (χ1) is 23.4. The van der Waals surface area contributed by atoms with Crippen molar-refractivity contribution in [3.8, 4) is 35.2 Å². The lowest BCUT2D eigenvalue weighted by atomic mass is 9.93. The molecule has 10 atom stereocenters. The molecular weight excluding hydrogens is 662 g/mol. The summed E-state index contributed by atoms with van der Waals surface area (Å²) in [7, 11) is 3.05. The van der Waals surface area contributed by atoms with Gasteiger partial charge in [0.25, 0.3) is 0 Å². The quantitative estimate of drug-likeness (QED) is 0.160. The van der Waals surface area contributed by atoms with Crippen LogP contribution in [0.4, 0.5) is 4.79 Å². The first-order valence-electron chi connectivity index (χ1n) is 15.4. The number of carbonyl (C=O) groups excluding carboxylic acids is 2. The number of nitrogens with one attached hydrogen (secondary N) is 1. The van der Waals surface area contributed by atoms with E-state index in [1.165, 1.54) is 25.3 Å². The number of aryl methyl sites for hydroxylation is 1. The molecule has 2 fully saturated rings. The van der Waals surface area contributed by atoms with Crippen LogP contribution in [-0.2, 0) is 23.7 Å². The van der Waals surface area contributed by atoms with E-state index in [9.17, 15) is 30.0 Å². The highest BCUT2D eigenvalue weighted by atomic mass is 35.5. The number of aromatic hydroxyl groups is 1. The normalized spacial score (nSPS) is 34.6. The summed E-state index contributed by atoms with van der Waals surface area (Å²) in [5.41, 5.74) is -0.920. The Morgan fingerprint density at radius 1 is 1.18 bits per heavy atom. The molecule has 4 aliphatic rings. The predicted octanol–water partition coefficient (Wildman–Crippen LogP) is 1.59. The van der Waals surface area contributed by atoms with E-state index >= 15 is 0 Å². The number of phenols is 1. The Morgan fingerprint density at radius 3 is 2.65 bits per heavy atom. The summed E-state index contributed by atoms with van der Waals surface area (Å²) in [6, 6.07) is 5.58. The van der Waals surface area contributed by atoms with Crippen molar-refractivity contribution in [1.29, 1.82) is 0 Å². The summed E-state index contributed by atoms with van der Waals surface area (Å²) in [5.74, 6) is 10.3. The Hall–Kier alpha value is -4.31. The molecule has 14 heteroatoms. The van der Waals surface area contributed by atoms with E-state index in [2.05, 4.69) is 29.0 Å². The minimum atomic E-state index is -2.15. The molecular formula is C35H34ClNO12. The van der Waals surface area contributed by atoms with Crippen molar-refractivity contribution in [2.24, 2.45) is 0 Å². The fraction of sp³-hybridized carbons (Fsp3) is 0.429. The lowest BCUT2D eigenvalue weighted by Gasteiger charge is -2.42. The number of aliphatic hydroxyl groups is 3. The zero-order valence-electron chi connectivity index (χ0n) is 26.8. The standard InChI is InChI=1S/C35H34ClNO12/c1-16-12-19(44-4)14-22-20(16)8-9-23(38)27(22)32(41)47-24-13-18-10-11-35(43,26-15-45-34(42)48-26)25(36)7-5-6-21(18)31(24)49-33-28(37-3)30(40)29(39)17(2)46-33/h6,8-9,12-14,17,24-26,28-31,33,37-40,43H,15H2,1-4H3/b21-6+/t17-,24-,25-,26-,28+,29+,30+,31-,33-,35+/m0/s1. The van der Waals surface area contributed by atoms with Gasteiger partial charge in [-0.05, 0) is 62.2 Å². The Balaban J connectivity index is 1.42. The van der Waals surface area contributed by atoms with Gasteiger partial charge in [-0.1, -0.05) is 29.7 Å². The molecule has 49 heavy (non-hydrogen) atoms. The average Bonchev–Trinajstić information content (AvgIpc) is 3.66. The van der Waals surface area contributed by atoms with Gasteiger partial charge in [0.1, 0.15) is 47.4 Å². The molecule has 2 aliphatic carbocycles. The average molecular weight is 696 g/mol. The van der Waals surface area contributed by atoms with E-state index in [1.54, 1.807) is 32.2 Å². The number of hydrogen-bond acceptors (Lipinski definition) is 13. The van der Waals surface area contributed by atoms with Crippen molar-refractivity contribution in [2.45, 2.75) is 73.8 Å². The molecule has 0 unspecified atom stereocenters. The molecule has 0 bridgehead atoms. The largest absolute Gasteiger partial charge is 0.508 e. The smallest absolute Gasteiger partial charge is 0.507 e. The number of allylic oxidation sites excluding steroid dienone is 1. The van der Waals surface area contributed by atoms with Gasteiger partial charge in [-0.25, -0.2) is 9.59 Å². The minimum Gasteiger partial charge on any atom is -0.507 e. The van der Waals surface area contributed by atoms with Crippen molar-refractivity contribution >= 4 is 34.5 Å². The van der Waals surface area contributed by atoms with Crippen molar-refractivity contribution < 1.29 is 58.4 Å². The van der Waals surface area contributed by atoms with Gasteiger partial charge in [0.05, 0.1) is 19.3 Å². The number of halogens is 1. The second-order valence-electron chi connectivity index (χ2n) is 12.0. The number of cyclic esters (lactones) is 2. The van der Waals surface area contributed by atoms with Crippen LogP contribution in [0.5, 0.6) is 11.5 Å². The molecule has 0 spiro atoms. The van der Waals surface area contributed by atoms with Gasteiger partial charge in [-0.3, -0.25) is 0 Å². The third-order valence-electron chi connectivity index (χ3n) is 8.98. The van der Waals surface area contributed by atoms with Crippen LogP contribution in [0.3, 0.4) is 0 Å². The highest BCUT2D eigenvalue weighted by Crippen LogP contribution is 2.38. The second kappa shape index (κ2) is 13.5. The molecule has 0 amide bonds. The van der Waals surface area contributed by atoms with Crippen LogP contribution in [0, 0.1) is 30.6 Å². The van der Waals surface area contributed by atoms with Crippen molar-refractivity contribution in [3.63, 3.8) is 0 Å². The van der Waals surface area contributed by atoms with Gasteiger partial charge in [0.2, 0.25) is 0 Å². The molecule has 2 heterocycles. The number of phenolic OH excluding ortho intramolecular Hbond substituents is 1. The highest BCUT2D eigenvalue weighted by Gasteiger charge is 2.50. The monoisotopic (exact) mass is 695 g/mol. The molecule has 0 radical (unpaired) electrons. The summed E-state index contributed by atoms with van der Waals surface area (Å²) >= 11 is 6.46. The maximum absolute atomic E-state index is 14.0.